The third kappa shape index (κ3) is 6.45. The molecule has 128 valence electrons. The molecule has 0 amide bonds. The average molecular weight is 317 g/mol. The fourth-order valence-electron chi connectivity index (χ4n) is 2.58. The first-order chi connectivity index (χ1) is 10.6. The summed E-state index contributed by atoms with van der Waals surface area (Å²) in [5.41, 5.74) is 19.9. The van der Waals surface area contributed by atoms with E-state index in [1.807, 2.05) is 0 Å². The maximum absolute atomic E-state index is 10.5. The van der Waals surface area contributed by atoms with Crippen LogP contribution in [0.4, 0.5) is 0 Å². The smallest absolute Gasteiger partial charge is 0.163 e. The van der Waals surface area contributed by atoms with E-state index in [4.69, 9.17) is 31.6 Å². The molecule has 22 heavy (non-hydrogen) atoms. The molecular formula is C13H27N5O4. The van der Waals surface area contributed by atoms with Gasteiger partial charge in [-0.05, 0) is 24.8 Å². The summed E-state index contributed by atoms with van der Waals surface area (Å²) in [6.07, 6.45) is 1.15. The number of nitrogens with zero attached hydrogens (tertiary/aromatic N) is 3. The van der Waals surface area contributed by atoms with Crippen molar-refractivity contribution >= 4 is 0 Å². The van der Waals surface area contributed by atoms with Crippen LogP contribution in [0.1, 0.15) is 25.7 Å². The average Bonchev–Trinajstić information content (AvgIpc) is 3.04. The van der Waals surface area contributed by atoms with Crippen molar-refractivity contribution in [2.45, 2.75) is 50.2 Å². The Labute approximate surface area is 130 Å². The minimum atomic E-state index is -0.833. The van der Waals surface area contributed by atoms with Gasteiger partial charge in [-0.1, -0.05) is 11.5 Å². The fraction of sp³-hybridized carbons (Fsp3) is 1.00. The Hall–Kier alpha value is -0.930. The molecule has 0 aromatic carbocycles. The SMILES string of the molecule is [N-]=[N+]=NCCCCC(C1OCCO1)C(O)[C@@H](N)C[C@@H](N)CO. The third-order valence-corrected chi connectivity index (χ3v) is 3.79. The van der Waals surface area contributed by atoms with E-state index in [2.05, 4.69) is 10.0 Å². The fourth-order valence-corrected chi connectivity index (χ4v) is 2.58. The normalized spacial score (nSPS) is 21.1. The van der Waals surface area contributed by atoms with Crippen LogP contribution in [-0.2, 0) is 9.47 Å². The van der Waals surface area contributed by atoms with Crippen LogP contribution in [0, 0.1) is 5.92 Å². The van der Waals surface area contributed by atoms with E-state index in [-0.39, 0.29) is 12.5 Å². The number of rotatable bonds is 11. The van der Waals surface area contributed by atoms with Gasteiger partial charge in [-0.3, -0.25) is 0 Å². The topological polar surface area (TPSA) is 160 Å². The van der Waals surface area contributed by atoms with Gasteiger partial charge in [0.15, 0.2) is 6.29 Å². The third-order valence-electron chi connectivity index (χ3n) is 3.79. The highest BCUT2D eigenvalue weighted by Gasteiger charge is 2.35. The molecule has 1 heterocycles. The number of ether oxygens (including phenoxy) is 2. The molecule has 0 spiro atoms. The monoisotopic (exact) mass is 317 g/mol. The van der Waals surface area contributed by atoms with E-state index in [9.17, 15) is 5.11 Å². The predicted molar refractivity (Wildman–Crippen MR) is 80.7 cm³/mol. The van der Waals surface area contributed by atoms with Gasteiger partial charge >= 0.3 is 0 Å². The van der Waals surface area contributed by atoms with Crippen LogP contribution in [0.5, 0.6) is 0 Å². The van der Waals surface area contributed by atoms with Gasteiger partial charge in [-0.15, -0.1) is 0 Å². The van der Waals surface area contributed by atoms with Crippen LogP contribution in [0.25, 0.3) is 10.4 Å². The molecule has 1 aliphatic rings. The van der Waals surface area contributed by atoms with Crippen molar-refractivity contribution in [1.29, 1.82) is 0 Å². The highest BCUT2D eigenvalue weighted by Crippen LogP contribution is 2.26. The van der Waals surface area contributed by atoms with Gasteiger partial charge < -0.3 is 31.2 Å². The molecule has 0 aliphatic carbocycles. The molecule has 1 saturated heterocycles. The van der Waals surface area contributed by atoms with Crippen LogP contribution in [0.2, 0.25) is 0 Å². The predicted octanol–water partition coefficient (Wildman–Crippen LogP) is -0.146. The Kier molecular flexibility index (Phi) is 9.33. The Balaban J connectivity index is 2.53. The molecule has 1 rings (SSSR count). The zero-order valence-corrected chi connectivity index (χ0v) is 12.8. The first kappa shape index (κ1) is 19.1. The first-order valence-corrected chi connectivity index (χ1v) is 7.64. The molecule has 2 unspecified atom stereocenters. The van der Waals surface area contributed by atoms with Crippen molar-refractivity contribution in [2.75, 3.05) is 26.4 Å². The number of aliphatic hydroxyl groups excluding tert-OH is 2. The van der Waals surface area contributed by atoms with Gasteiger partial charge in [0.2, 0.25) is 0 Å². The van der Waals surface area contributed by atoms with Crippen molar-refractivity contribution < 1.29 is 19.7 Å². The van der Waals surface area contributed by atoms with E-state index >= 15 is 0 Å². The van der Waals surface area contributed by atoms with Crippen molar-refractivity contribution in [2.24, 2.45) is 22.5 Å². The van der Waals surface area contributed by atoms with Crippen molar-refractivity contribution in [3.63, 3.8) is 0 Å². The summed E-state index contributed by atoms with van der Waals surface area (Å²) in [4.78, 5) is 2.70. The second-order valence-corrected chi connectivity index (χ2v) is 5.56. The molecule has 1 aliphatic heterocycles. The van der Waals surface area contributed by atoms with Crippen molar-refractivity contribution in [3.8, 4) is 0 Å². The maximum Gasteiger partial charge on any atom is 0.163 e. The number of nitrogens with two attached hydrogens (primary N) is 2. The van der Waals surface area contributed by atoms with E-state index in [0.29, 0.717) is 32.6 Å². The zero-order valence-electron chi connectivity index (χ0n) is 12.8. The van der Waals surface area contributed by atoms with Crippen molar-refractivity contribution in [1.82, 2.24) is 0 Å². The molecule has 0 aromatic rings. The second-order valence-electron chi connectivity index (χ2n) is 5.56. The minimum absolute atomic E-state index is 0.173. The summed E-state index contributed by atoms with van der Waals surface area (Å²) in [6, 6.07) is -1.02. The summed E-state index contributed by atoms with van der Waals surface area (Å²) in [6.45, 7) is 1.25. The standard InChI is InChI=1S/C13H27N5O4/c14-9(8-19)7-11(15)12(20)10(13-21-5-6-22-13)3-1-2-4-17-18-16/h9-13,19-20H,1-8,14-15H2/t9-,10?,11+,12?/m1/s1. The van der Waals surface area contributed by atoms with E-state index < -0.39 is 24.5 Å². The zero-order chi connectivity index (χ0) is 16.4. The lowest BCUT2D eigenvalue weighted by Crippen LogP contribution is -2.48. The molecule has 1 fully saturated rings. The van der Waals surface area contributed by atoms with E-state index in [0.717, 1.165) is 12.8 Å². The number of hydrogen-bond donors (Lipinski definition) is 4. The van der Waals surface area contributed by atoms with Gasteiger partial charge in [0.25, 0.3) is 0 Å². The largest absolute Gasteiger partial charge is 0.395 e. The summed E-state index contributed by atoms with van der Waals surface area (Å²) in [7, 11) is 0. The molecule has 0 bridgehead atoms. The van der Waals surface area contributed by atoms with Crippen LogP contribution < -0.4 is 11.5 Å². The van der Waals surface area contributed by atoms with E-state index in [1.165, 1.54) is 0 Å². The summed E-state index contributed by atoms with van der Waals surface area (Å²) < 4.78 is 11.0. The molecule has 4 atom stereocenters. The van der Waals surface area contributed by atoms with E-state index in [1.54, 1.807) is 0 Å². The Morgan fingerprint density at radius 1 is 1.27 bits per heavy atom. The summed E-state index contributed by atoms with van der Waals surface area (Å²) in [5, 5.41) is 23.0. The van der Waals surface area contributed by atoms with Gasteiger partial charge in [0.1, 0.15) is 0 Å². The van der Waals surface area contributed by atoms with Crippen LogP contribution in [-0.4, -0.2) is 61.1 Å². The lowest BCUT2D eigenvalue weighted by atomic mass is 9.88. The van der Waals surface area contributed by atoms with Gasteiger partial charge in [0.05, 0.1) is 25.9 Å². The number of unbranched alkanes of at least 4 members (excludes halogenated alkanes) is 1. The summed E-state index contributed by atoms with van der Waals surface area (Å²) in [5.74, 6) is -0.269. The lowest BCUT2D eigenvalue weighted by Gasteiger charge is -2.31. The second kappa shape index (κ2) is 10.7. The van der Waals surface area contributed by atoms with Gasteiger partial charge in [0, 0.05) is 29.5 Å². The Bertz CT molecular complexity index is 347. The molecule has 0 radical (unpaired) electrons. The number of hydrogen-bond acceptors (Lipinski definition) is 7. The van der Waals surface area contributed by atoms with Crippen LogP contribution >= 0.6 is 0 Å². The summed E-state index contributed by atoms with van der Waals surface area (Å²) >= 11 is 0. The Morgan fingerprint density at radius 3 is 2.55 bits per heavy atom. The van der Waals surface area contributed by atoms with Gasteiger partial charge in [-0.25, -0.2) is 0 Å². The van der Waals surface area contributed by atoms with Gasteiger partial charge in [-0.2, -0.15) is 0 Å². The molecule has 6 N–H and O–H groups in total. The number of aliphatic hydroxyl groups is 2. The Morgan fingerprint density at radius 2 is 1.95 bits per heavy atom. The molecular weight excluding hydrogens is 290 g/mol. The quantitative estimate of drug-likeness (QED) is 0.179. The molecule has 0 aromatic heterocycles. The molecule has 0 saturated carbocycles. The van der Waals surface area contributed by atoms with Crippen molar-refractivity contribution in [3.05, 3.63) is 10.4 Å². The highest BCUT2D eigenvalue weighted by molar-refractivity contribution is 4.85. The molecule has 9 heteroatoms. The number of azide groups is 1. The first-order valence-electron chi connectivity index (χ1n) is 7.64. The lowest BCUT2D eigenvalue weighted by molar-refractivity contribution is -0.124. The van der Waals surface area contributed by atoms with Crippen LogP contribution in [0.15, 0.2) is 5.11 Å². The maximum atomic E-state index is 10.5. The molecule has 9 nitrogen and oxygen atoms in total. The minimum Gasteiger partial charge on any atom is -0.395 e. The van der Waals surface area contributed by atoms with Crippen LogP contribution in [0.3, 0.4) is 0 Å². The highest BCUT2D eigenvalue weighted by atomic mass is 16.7.